The molecule has 2 fully saturated rings. The summed E-state index contributed by atoms with van der Waals surface area (Å²) in [5.41, 5.74) is 2.85. The molecule has 0 saturated carbocycles. The summed E-state index contributed by atoms with van der Waals surface area (Å²) in [6, 6.07) is 4.10. The number of ether oxygens (including phenoxy) is 1. The van der Waals surface area contributed by atoms with Crippen molar-refractivity contribution in [1.82, 2.24) is 29.2 Å². The van der Waals surface area contributed by atoms with Crippen LogP contribution in [-0.2, 0) is 9.59 Å². The molecule has 0 N–H and O–H groups in total. The number of hydrogen-bond acceptors (Lipinski definition) is 6. The quantitative estimate of drug-likeness (QED) is 0.539. The summed E-state index contributed by atoms with van der Waals surface area (Å²) < 4.78 is 9.05. The van der Waals surface area contributed by atoms with Crippen molar-refractivity contribution in [3.05, 3.63) is 49.1 Å². The Balaban J connectivity index is 1.30. The number of methoxy groups -OCH3 is 1. The van der Waals surface area contributed by atoms with E-state index >= 15 is 0 Å². The van der Waals surface area contributed by atoms with Crippen LogP contribution in [0.3, 0.4) is 0 Å². The molecule has 2 aliphatic rings. The molecular weight excluding hydrogens is 434 g/mol. The first kappa shape index (κ1) is 21.7. The van der Waals surface area contributed by atoms with E-state index in [2.05, 4.69) is 22.8 Å². The SMILES string of the molecule is C=CC(=O)N1CC[C@@H](C(=O)N2CC[C@@H](n3cc(-c4cc(OC)c5c(C#N)cnn5c4)cn3)C2)C1. The number of fused-ring (bicyclic) bond motifs is 1. The van der Waals surface area contributed by atoms with Gasteiger partial charge in [-0.3, -0.25) is 14.3 Å². The molecule has 2 saturated heterocycles. The average molecular weight is 460 g/mol. The fourth-order valence-electron chi connectivity index (χ4n) is 4.87. The number of aromatic nitrogens is 4. The number of nitriles is 1. The number of hydrogen-bond donors (Lipinski definition) is 0. The van der Waals surface area contributed by atoms with Gasteiger partial charge in [0.1, 0.15) is 22.9 Å². The molecule has 0 spiro atoms. The summed E-state index contributed by atoms with van der Waals surface area (Å²) in [7, 11) is 1.57. The van der Waals surface area contributed by atoms with Gasteiger partial charge in [0.15, 0.2) is 0 Å². The number of nitrogens with zero attached hydrogens (tertiary/aromatic N) is 7. The van der Waals surface area contributed by atoms with Gasteiger partial charge in [0.25, 0.3) is 0 Å². The summed E-state index contributed by atoms with van der Waals surface area (Å²) in [4.78, 5) is 28.4. The van der Waals surface area contributed by atoms with E-state index < -0.39 is 0 Å². The molecule has 0 aromatic carbocycles. The zero-order chi connectivity index (χ0) is 23.8. The van der Waals surface area contributed by atoms with Crippen molar-refractivity contribution in [2.75, 3.05) is 33.3 Å². The van der Waals surface area contributed by atoms with Crippen molar-refractivity contribution in [2.45, 2.75) is 18.9 Å². The minimum Gasteiger partial charge on any atom is -0.494 e. The molecule has 10 nitrogen and oxygen atoms in total. The third kappa shape index (κ3) is 3.69. The molecule has 2 atom stereocenters. The summed E-state index contributed by atoms with van der Waals surface area (Å²) in [6.07, 6.45) is 9.94. The zero-order valence-corrected chi connectivity index (χ0v) is 18.9. The van der Waals surface area contributed by atoms with Crippen LogP contribution in [0.15, 0.2) is 43.5 Å². The molecule has 10 heteroatoms. The fraction of sp³-hybridized carbons (Fsp3) is 0.375. The molecule has 3 aromatic rings. The molecule has 2 aliphatic heterocycles. The molecule has 0 bridgehead atoms. The van der Waals surface area contributed by atoms with Gasteiger partial charge < -0.3 is 14.5 Å². The molecule has 3 aromatic heterocycles. The summed E-state index contributed by atoms with van der Waals surface area (Å²) in [5.74, 6) is 0.406. The van der Waals surface area contributed by atoms with Gasteiger partial charge in [0, 0.05) is 49.7 Å². The highest BCUT2D eigenvalue weighted by Crippen LogP contribution is 2.31. The van der Waals surface area contributed by atoms with Crippen molar-refractivity contribution in [2.24, 2.45) is 5.92 Å². The standard InChI is InChI=1S/C24H25N7O3/c1-3-22(32)28-6-4-16(12-28)24(33)29-7-5-20(15-29)30-14-19(11-26-30)17-8-21(34-2)23-18(9-25)10-27-31(23)13-17/h3,8,10-11,13-14,16,20H,1,4-7,12,15H2,2H3/t16-,20-/m1/s1. The Kier molecular flexibility index (Phi) is 5.53. The van der Waals surface area contributed by atoms with E-state index in [0.29, 0.717) is 49.4 Å². The van der Waals surface area contributed by atoms with E-state index in [1.807, 2.05) is 28.0 Å². The minimum atomic E-state index is -0.151. The van der Waals surface area contributed by atoms with Gasteiger partial charge >= 0.3 is 0 Å². The molecular formula is C24H25N7O3. The largest absolute Gasteiger partial charge is 0.494 e. The van der Waals surface area contributed by atoms with E-state index in [1.165, 1.54) is 12.3 Å². The minimum absolute atomic E-state index is 0.0885. The van der Waals surface area contributed by atoms with Crippen LogP contribution in [0.5, 0.6) is 5.75 Å². The lowest BCUT2D eigenvalue weighted by Gasteiger charge is -2.21. The van der Waals surface area contributed by atoms with E-state index in [0.717, 1.165) is 17.5 Å². The molecule has 0 aliphatic carbocycles. The first-order valence-corrected chi connectivity index (χ1v) is 11.2. The van der Waals surface area contributed by atoms with Crippen LogP contribution in [0, 0.1) is 17.2 Å². The second-order valence-electron chi connectivity index (χ2n) is 8.67. The Labute approximate surface area is 196 Å². The lowest BCUT2D eigenvalue weighted by molar-refractivity contribution is -0.134. The van der Waals surface area contributed by atoms with Crippen LogP contribution in [0.25, 0.3) is 16.6 Å². The Morgan fingerprint density at radius 1 is 1.15 bits per heavy atom. The molecule has 34 heavy (non-hydrogen) atoms. The van der Waals surface area contributed by atoms with Crippen molar-refractivity contribution in [1.29, 1.82) is 5.26 Å². The van der Waals surface area contributed by atoms with Gasteiger partial charge in [0.2, 0.25) is 11.8 Å². The summed E-state index contributed by atoms with van der Waals surface area (Å²) >= 11 is 0. The number of amides is 2. The molecule has 5 heterocycles. The van der Waals surface area contributed by atoms with Gasteiger partial charge in [-0.05, 0) is 25.0 Å². The van der Waals surface area contributed by atoms with Gasteiger partial charge in [-0.15, -0.1) is 0 Å². The average Bonchev–Trinajstić information content (AvgIpc) is 3.67. The lowest BCUT2D eigenvalue weighted by atomic mass is 10.1. The number of carbonyl (C=O) groups is 2. The molecule has 5 rings (SSSR count). The fourth-order valence-corrected chi connectivity index (χ4v) is 4.87. The second-order valence-corrected chi connectivity index (χ2v) is 8.67. The van der Waals surface area contributed by atoms with Crippen LogP contribution in [0.4, 0.5) is 0 Å². The Hall–Kier alpha value is -4.13. The molecule has 2 amide bonds. The van der Waals surface area contributed by atoms with E-state index in [4.69, 9.17) is 4.74 Å². The van der Waals surface area contributed by atoms with Crippen molar-refractivity contribution >= 4 is 17.3 Å². The maximum Gasteiger partial charge on any atom is 0.245 e. The highest BCUT2D eigenvalue weighted by Gasteiger charge is 2.36. The topological polar surface area (TPSA) is 109 Å². The van der Waals surface area contributed by atoms with Crippen molar-refractivity contribution < 1.29 is 14.3 Å². The lowest BCUT2D eigenvalue weighted by Crippen LogP contribution is -2.36. The van der Waals surface area contributed by atoms with Crippen LogP contribution >= 0.6 is 0 Å². The number of carbonyl (C=O) groups excluding carboxylic acids is 2. The van der Waals surface area contributed by atoms with Crippen molar-refractivity contribution in [3.63, 3.8) is 0 Å². The number of pyridine rings is 1. The molecule has 0 radical (unpaired) electrons. The van der Waals surface area contributed by atoms with Gasteiger partial charge in [0.05, 0.1) is 31.5 Å². The Morgan fingerprint density at radius 3 is 2.74 bits per heavy atom. The van der Waals surface area contributed by atoms with E-state index in [-0.39, 0.29) is 23.8 Å². The maximum absolute atomic E-state index is 13.0. The van der Waals surface area contributed by atoms with Crippen LogP contribution in [0.2, 0.25) is 0 Å². The third-order valence-electron chi connectivity index (χ3n) is 6.72. The molecule has 174 valence electrons. The van der Waals surface area contributed by atoms with Crippen LogP contribution in [-0.4, -0.2) is 74.3 Å². The van der Waals surface area contributed by atoms with E-state index in [9.17, 15) is 14.9 Å². The highest BCUT2D eigenvalue weighted by atomic mass is 16.5. The maximum atomic E-state index is 13.0. The predicted octanol–water partition coefficient (Wildman–Crippen LogP) is 1.89. The monoisotopic (exact) mass is 459 g/mol. The zero-order valence-electron chi connectivity index (χ0n) is 18.9. The summed E-state index contributed by atoms with van der Waals surface area (Å²) in [5, 5.41) is 18.1. The Morgan fingerprint density at radius 2 is 1.97 bits per heavy atom. The highest BCUT2D eigenvalue weighted by molar-refractivity contribution is 5.88. The van der Waals surface area contributed by atoms with Crippen LogP contribution in [0.1, 0.15) is 24.4 Å². The smallest absolute Gasteiger partial charge is 0.245 e. The first-order valence-electron chi connectivity index (χ1n) is 11.2. The number of likely N-dealkylation sites (tertiary alicyclic amines) is 2. The van der Waals surface area contributed by atoms with Crippen molar-refractivity contribution in [3.8, 4) is 22.9 Å². The van der Waals surface area contributed by atoms with E-state index in [1.54, 1.807) is 22.7 Å². The predicted molar refractivity (Wildman–Crippen MR) is 123 cm³/mol. The summed E-state index contributed by atoms with van der Waals surface area (Å²) in [6.45, 7) is 5.86. The van der Waals surface area contributed by atoms with Gasteiger partial charge in [-0.1, -0.05) is 6.58 Å². The Bertz CT molecular complexity index is 1320. The van der Waals surface area contributed by atoms with Gasteiger partial charge in [-0.2, -0.15) is 15.5 Å². The third-order valence-corrected chi connectivity index (χ3v) is 6.72. The first-order chi connectivity index (χ1) is 16.5. The number of rotatable bonds is 5. The van der Waals surface area contributed by atoms with Crippen LogP contribution < -0.4 is 4.74 Å². The normalized spacial score (nSPS) is 20.0. The second kappa shape index (κ2) is 8.67. The van der Waals surface area contributed by atoms with Gasteiger partial charge in [-0.25, -0.2) is 4.52 Å². The molecule has 0 unspecified atom stereocenters.